The van der Waals surface area contributed by atoms with E-state index in [0.717, 1.165) is 66.0 Å². The first-order valence-electron chi connectivity index (χ1n) is 23.1. The highest BCUT2D eigenvalue weighted by Gasteiger charge is 2.57. The maximum absolute atomic E-state index is 13.9. The molecule has 2 aromatic heterocycles. The summed E-state index contributed by atoms with van der Waals surface area (Å²) in [6.45, 7) is 5.96. The number of methoxy groups -OCH3 is 1. The molecule has 62 heavy (non-hydrogen) atoms. The molecule has 0 spiro atoms. The van der Waals surface area contributed by atoms with E-state index in [0.29, 0.717) is 29.7 Å². The second kappa shape index (κ2) is 15.1. The number of amides is 3. The summed E-state index contributed by atoms with van der Waals surface area (Å²) in [4.78, 5) is 61.0. The highest BCUT2D eigenvalue weighted by Crippen LogP contribution is 2.57. The molecule has 5 fully saturated rings. The third-order valence-corrected chi connectivity index (χ3v) is 15.5. The van der Waals surface area contributed by atoms with Crippen LogP contribution in [0.5, 0.6) is 0 Å². The summed E-state index contributed by atoms with van der Waals surface area (Å²) < 4.78 is 4.84. The first-order chi connectivity index (χ1) is 30.1. The Kier molecular flexibility index (Phi) is 9.59. The zero-order valence-corrected chi connectivity index (χ0v) is 36.4. The van der Waals surface area contributed by atoms with Gasteiger partial charge in [0.1, 0.15) is 17.7 Å². The number of imidazole rings is 2. The number of nitrogens with one attached hydrogen (secondary N) is 4. The molecule has 0 radical (unpaired) electrons. The van der Waals surface area contributed by atoms with E-state index in [2.05, 4.69) is 87.0 Å². The number of likely N-dealkylation sites (tertiary alicyclic amines) is 2. The molecule has 3 saturated carbocycles. The monoisotopic (exact) mass is 834 g/mol. The van der Waals surface area contributed by atoms with Crippen molar-refractivity contribution < 1.29 is 19.1 Å². The second-order valence-corrected chi connectivity index (χ2v) is 19.4. The van der Waals surface area contributed by atoms with Crippen LogP contribution in [-0.4, -0.2) is 86.0 Å². The van der Waals surface area contributed by atoms with Crippen molar-refractivity contribution in [2.24, 2.45) is 17.8 Å². The fourth-order valence-electron chi connectivity index (χ4n) is 12.1. The van der Waals surface area contributed by atoms with Crippen LogP contribution in [0.1, 0.15) is 125 Å². The average molecular weight is 835 g/mol. The molecular weight excluding hydrogens is 777 g/mol. The highest BCUT2D eigenvalue weighted by atomic mass is 16.5. The molecule has 3 aromatic carbocycles. The van der Waals surface area contributed by atoms with Crippen molar-refractivity contribution in [2.45, 2.75) is 127 Å². The number of hydrogen-bond acceptors (Lipinski definition) is 7. The van der Waals surface area contributed by atoms with Crippen LogP contribution in [0.4, 0.5) is 4.79 Å². The Morgan fingerprint density at radius 3 is 1.98 bits per heavy atom. The molecule has 12 rings (SSSR count). The standard InChI is InChI=1S/C50H58N8O4/c1-6-35(51-4)48(59)57-39-20-32(39)23-42(57)47-53-36-18-15-30(19-37(36)54-47)34-17-16-33(43-28-11-13-29(14-12-28)44(34)43)26-7-9-27(10-8-26)38-24-52-46(55-38)41-22-31-21-40(31)58(41)49(60)45(25(2)3)56-50(61)62-5/h7-10,15-19,24-25,28-29,31-32,35,39-42,45,51H,6,11-14,20-23H2,1-5H3,(H,52,55)(H,53,54)(H,56,61)/t28?,29?,31?,32?,35-,39?,40?,41-,42+,45-/m0/s1. The normalized spacial score (nSPS) is 27.5. The number of benzene rings is 3. The summed E-state index contributed by atoms with van der Waals surface area (Å²) in [7, 11) is 3.20. The van der Waals surface area contributed by atoms with E-state index in [-0.39, 0.29) is 41.9 Å². The van der Waals surface area contributed by atoms with Crippen molar-refractivity contribution in [3.05, 3.63) is 83.6 Å². The molecule has 2 aliphatic heterocycles. The molecule has 5 aliphatic carbocycles. The lowest BCUT2D eigenvalue weighted by atomic mass is 9.63. The van der Waals surface area contributed by atoms with Crippen LogP contribution in [0, 0.1) is 17.8 Å². The zero-order chi connectivity index (χ0) is 42.6. The van der Waals surface area contributed by atoms with Gasteiger partial charge in [0, 0.05) is 12.1 Å². The molecule has 5 aromatic rings. The summed E-state index contributed by atoms with van der Waals surface area (Å²) in [6.07, 6.45) is 10.9. The summed E-state index contributed by atoms with van der Waals surface area (Å²) in [6, 6.07) is 19.8. The second-order valence-electron chi connectivity index (χ2n) is 19.4. The van der Waals surface area contributed by atoms with Gasteiger partial charge < -0.3 is 35.1 Å². The quantitative estimate of drug-likeness (QED) is 0.104. The van der Waals surface area contributed by atoms with Gasteiger partial charge in [0.15, 0.2) is 0 Å². The molecule has 2 bridgehead atoms. The van der Waals surface area contributed by atoms with Crippen LogP contribution in [0.15, 0.2) is 60.8 Å². The SMILES string of the molecule is CC[C@H](NC)C(=O)N1C2CC2C[C@@H]1c1nc2ccc(-c3ccc(-c4ccc(-c5cnc([C@@H]6CC7CC7N6C(=O)[C@@H](NC(=O)OC)C(C)C)[nH]5)cc4)c4c3C3CCC4CC3)cc2[nH]1. The van der Waals surface area contributed by atoms with Gasteiger partial charge in [-0.05, 0) is 146 Å². The first kappa shape index (κ1) is 39.4. The van der Waals surface area contributed by atoms with E-state index in [1.54, 1.807) is 0 Å². The van der Waals surface area contributed by atoms with Crippen molar-refractivity contribution in [3.8, 4) is 33.5 Å². The Morgan fingerprint density at radius 2 is 1.37 bits per heavy atom. The van der Waals surface area contributed by atoms with Crippen LogP contribution in [0.3, 0.4) is 0 Å². The topological polar surface area (TPSA) is 148 Å². The number of alkyl carbamates (subject to hydrolysis) is 1. The number of piperidine rings is 2. The molecule has 4 N–H and O–H groups in total. The fraction of sp³-hybridized carbons (Fsp3) is 0.500. The van der Waals surface area contributed by atoms with Crippen molar-refractivity contribution in [1.82, 2.24) is 40.4 Å². The lowest BCUT2D eigenvalue weighted by Crippen LogP contribution is -2.52. The summed E-state index contributed by atoms with van der Waals surface area (Å²) >= 11 is 0. The number of likely N-dealkylation sites (N-methyl/N-ethyl adjacent to an activating group) is 1. The van der Waals surface area contributed by atoms with Crippen LogP contribution in [0.25, 0.3) is 44.5 Å². The number of carbonyl (C=O) groups is 3. The average Bonchev–Trinajstić information content (AvgIpc) is 3.92. The van der Waals surface area contributed by atoms with Gasteiger partial charge in [-0.3, -0.25) is 9.59 Å². The Morgan fingerprint density at radius 1 is 0.774 bits per heavy atom. The highest BCUT2D eigenvalue weighted by molar-refractivity contribution is 5.88. The van der Waals surface area contributed by atoms with Gasteiger partial charge in [-0.1, -0.05) is 63.2 Å². The summed E-state index contributed by atoms with van der Waals surface area (Å²) in [5.41, 5.74) is 12.1. The van der Waals surface area contributed by atoms with Gasteiger partial charge >= 0.3 is 6.09 Å². The Hall–Kier alpha value is -5.49. The molecule has 322 valence electrons. The van der Waals surface area contributed by atoms with E-state index < -0.39 is 12.1 Å². The van der Waals surface area contributed by atoms with E-state index >= 15 is 0 Å². The predicted molar refractivity (Wildman–Crippen MR) is 238 cm³/mol. The van der Waals surface area contributed by atoms with Crippen LogP contribution in [0.2, 0.25) is 0 Å². The lowest BCUT2D eigenvalue weighted by Gasteiger charge is -2.41. The Labute approximate surface area is 363 Å². The molecule has 7 aliphatic rings. The number of aromatic nitrogens is 4. The smallest absolute Gasteiger partial charge is 0.407 e. The molecule has 4 heterocycles. The van der Waals surface area contributed by atoms with Crippen LogP contribution >= 0.6 is 0 Å². The van der Waals surface area contributed by atoms with E-state index in [9.17, 15) is 14.4 Å². The van der Waals surface area contributed by atoms with Gasteiger partial charge in [-0.15, -0.1) is 0 Å². The third kappa shape index (κ3) is 6.45. The number of hydrogen-bond donors (Lipinski definition) is 4. The van der Waals surface area contributed by atoms with Crippen molar-refractivity contribution in [1.29, 1.82) is 0 Å². The zero-order valence-electron chi connectivity index (χ0n) is 36.4. The van der Waals surface area contributed by atoms with E-state index in [1.165, 1.54) is 66.2 Å². The maximum atomic E-state index is 13.9. The third-order valence-electron chi connectivity index (χ3n) is 15.5. The molecule has 4 unspecified atom stereocenters. The number of aromatic amines is 2. The maximum Gasteiger partial charge on any atom is 0.407 e. The minimum Gasteiger partial charge on any atom is -0.453 e. The molecular formula is C50H58N8O4. The molecule has 12 nitrogen and oxygen atoms in total. The number of ether oxygens (including phenoxy) is 1. The molecule has 3 amide bonds. The molecule has 8 atom stereocenters. The fourth-order valence-corrected chi connectivity index (χ4v) is 12.1. The van der Waals surface area contributed by atoms with Crippen LogP contribution in [-0.2, 0) is 14.3 Å². The molecule has 2 saturated heterocycles. The number of carbonyl (C=O) groups excluding carboxylic acids is 3. The minimum absolute atomic E-state index is 0.00588. The number of fused-ring (bicyclic) bond motifs is 5. The number of nitrogens with zero attached hydrogens (tertiary/aromatic N) is 4. The van der Waals surface area contributed by atoms with E-state index in [4.69, 9.17) is 14.7 Å². The van der Waals surface area contributed by atoms with Crippen LogP contribution < -0.4 is 10.6 Å². The van der Waals surface area contributed by atoms with Gasteiger partial charge in [-0.2, -0.15) is 0 Å². The summed E-state index contributed by atoms with van der Waals surface area (Å²) in [5, 5.41) is 6.00. The van der Waals surface area contributed by atoms with Gasteiger partial charge in [-0.25, -0.2) is 14.8 Å². The first-order valence-corrected chi connectivity index (χ1v) is 23.1. The summed E-state index contributed by atoms with van der Waals surface area (Å²) in [5.74, 6) is 3.87. The minimum atomic E-state index is -0.663. The van der Waals surface area contributed by atoms with Crippen molar-refractivity contribution in [3.63, 3.8) is 0 Å². The largest absolute Gasteiger partial charge is 0.453 e. The van der Waals surface area contributed by atoms with Gasteiger partial charge in [0.05, 0.1) is 48.2 Å². The Balaban J connectivity index is 0.860. The lowest BCUT2D eigenvalue weighted by molar-refractivity contribution is -0.137. The Bertz CT molecular complexity index is 2570. The predicted octanol–water partition coefficient (Wildman–Crippen LogP) is 8.74. The van der Waals surface area contributed by atoms with Crippen molar-refractivity contribution in [2.75, 3.05) is 14.2 Å². The van der Waals surface area contributed by atoms with Gasteiger partial charge in [0.2, 0.25) is 11.8 Å². The van der Waals surface area contributed by atoms with Gasteiger partial charge in [0.25, 0.3) is 0 Å². The number of H-pyrrole nitrogens is 2. The number of rotatable bonds is 11. The van der Waals surface area contributed by atoms with Crippen molar-refractivity contribution >= 4 is 28.9 Å². The molecule has 12 heteroatoms. The van der Waals surface area contributed by atoms with E-state index in [1.807, 2.05) is 32.0 Å².